The van der Waals surface area contributed by atoms with Crippen molar-refractivity contribution in [1.29, 1.82) is 0 Å². The van der Waals surface area contributed by atoms with E-state index in [0.29, 0.717) is 6.04 Å². The van der Waals surface area contributed by atoms with E-state index >= 15 is 0 Å². The SMILES string of the molecule is CSCC(N)CC1CCCC1. The van der Waals surface area contributed by atoms with Gasteiger partial charge in [0.1, 0.15) is 0 Å². The molecule has 0 aromatic rings. The minimum absolute atomic E-state index is 0.452. The molecule has 0 aliphatic heterocycles. The van der Waals surface area contributed by atoms with Crippen molar-refractivity contribution >= 4 is 11.8 Å². The van der Waals surface area contributed by atoms with Gasteiger partial charge in [-0.05, 0) is 18.6 Å². The molecule has 2 N–H and O–H groups in total. The Morgan fingerprint density at radius 1 is 1.45 bits per heavy atom. The molecule has 1 atom stereocenters. The van der Waals surface area contributed by atoms with Gasteiger partial charge >= 0.3 is 0 Å². The van der Waals surface area contributed by atoms with Crippen LogP contribution in [0.4, 0.5) is 0 Å². The van der Waals surface area contributed by atoms with Gasteiger partial charge in [0.15, 0.2) is 0 Å². The number of thioether (sulfide) groups is 1. The molecule has 1 fully saturated rings. The van der Waals surface area contributed by atoms with Gasteiger partial charge in [-0.2, -0.15) is 11.8 Å². The molecule has 0 saturated heterocycles. The molecule has 2 heteroatoms. The van der Waals surface area contributed by atoms with Crippen LogP contribution in [0.15, 0.2) is 0 Å². The molecular weight excluding hydrogens is 154 g/mol. The Bertz CT molecular complexity index is 99.7. The van der Waals surface area contributed by atoms with E-state index in [4.69, 9.17) is 5.73 Å². The zero-order valence-electron chi connectivity index (χ0n) is 7.38. The molecule has 0 aromatic heterocycles. The van der Waals surface area contributed by atoms with Crippen molar-refractivity contribution in [2.24, 2.45) is 11.7 Å². The summed E-state index contributed by atoms with van der Waals surface area (Å²) in [7, 11) is 0. The van der Waals surface area contributed by atoms with E-state index in [1.807, 2.05) is 11.8 Å². The number of hydrogen-bond acceptors (Lipinski definition) is 2. The lowest BCUT2D eigenvalue weighted by Crippen LogP contribution is -2.25. The summed E-state index contributed by atoms with van der Waals surface area (Å²) in [4.78, 5) is 0. The molecule has 11 heavy (non-hydrogen) atoms. The molecule has 0 radical (unpaired) electrons. The minimum Gasteiger partial charge on any atom is -0.327 e. The lowest BCUT2D eigenvalue weighted by Gasteiger charge is -2.14. The highest BCUT2D eigenvalue weighted by molar-refractivity contribution is 7.98. The van der Waals surface area contributed by atoms with E-state index in [1.165, 1.54) is 32.1 Å². The van der Waals surface area contributed by atoms with Crippen molar-refractivity contribution in [3.05, 3.63) is 0 Å². The molecule has 0 amide bonds. The van der Waals surface area contributed by atoms with Crippen LogP contribution in [0, 0.1) is 5.92 Å². The average Bonchev–Trinajstić information content (AvgIpc) is 2.40. The monoisotopic (exact) mass is 173 g/mol. The highest BCUT2D eigenvalue weighted by Gasteiger charge is 2.17. The van der Waals surface area contributed by atoms with Gasteiger partial charge in [0.2, 0.25) is 0 Å². The molecule has 0 heterocycles. The minimum atomic E-state index is 0.452. The molecule has 1 aliphatic rings. The van der Waals surface area contributed by atoms with E-state index in [1.54, 1.807) is 0 Å². The van der Waals surface area contributed by atoms with Crippen LogP contribution in [0.5, 0.6) is 0 Å². The maximum atomic E-state index is 5.94. The highest BCUT2D eigenvalue weighted by atomic mass is 32.2. The topological polar surface area (TPSA) is 26.0 Å². The lowest BCUT2D eigenvalue weighted by molar-refractivity contribution is 0.462. The first kappa shape index (κ1) is 9.40. The van der Waals surface area contributed by atoms with Crippen molar-refractivity contribution in [3.8, 4) is 0 Å². The molecule has 1 nitrogen and oxygen atoms in total. The van der Waals surface area contributed by atoms with Crippen LogP contribution >= 0.6 is 11.8 Å². The van der Waals surface area contributed by atoms with Crippen LogP contribution in [0.1, 0.15) is 32.1 Å². The quantitative estimate of drug-likeness (QED) is 0.705. The molecule has 1 unspecified atom stereocenters. The summed E-state index contributed by atoms with van der Waals surface area (Å²) in [5.41, 5.74) is 5.94. The largest absolute Gasteiger partial charge is 0.327 e. The summed E-state index contributed by atoms with van der Waals surface area (Å²) in [5.74, 6) is 2.09. The second kappa shape index (κ2) is 5.04. The maximum Gasteiger partial charge on any atom is 0.0132 e. The Hall–Kier alpha value is 0.310. The summed E-state index contributed by atoms with van der Waals surface area (Å²) in [6, 6.07) is 0.452. The number of hydrogen-bond donors (Lipinski definition) is 1. The fourth-order valence-electron chi connectivity index (χ4n) is 1.96. The normalized spacial score (nSPS) is 22.4. The van der Waals surface area contributed by atoms with Crippen LogP contribution in [-0.2, 0) is 0 Å². The van der Waals surface area contributed by atoms with Crippen LogP contribution in [0.2, 0.25) is 0 Å². The lowest BCUT2D eigenvalue weighted by atomic mass is 10.00. The molecule has 1 aliphatic carbocycles. The smallest absolute Gasteiger partial charge is 0.0132 e. The van der Waals surface area contributed by atoms with Crippen molar-refractivity contribution in [2.75, 3.05) is 12.0 Å². The zero-order valence-corrected chi connectivity index (χ0v) is 8.20. The third-order valence-corrected chi connectivity index (χ3v) is 3.25. The van der Waals surface area contributed by atoms with Crippen LogP contribution in [-0.4, -0.2) is 18.1 Å². The summed E-state index contributed by atoms with van der Waals surface area (Å²) in [5, 5.41) is 0. The standard InChI is InChI=1S/C9H19NS/c1-11-7-9(10)6-8-4-2-3-5-8/h8-9H,2-7,10H2,1H3. The van der Waals surface area contributed by atoms with Gasteiger partial charge in [-0.15, -0.1) is 0 Å². The Kier molecular flexibility index (Phi) is 4.31. The van der Waals surface area contributed by atoms with Gasteiger partial charge in [0, 0.05) is 11.8 Å². The fraction of sp³-hybridized carbons (Fsp3) is 1.00. The molecule has 66 valence electrons. The third kappa shape index (κ3) is 3.48. The van der Waals surface area contributed by atoms with E-state index in [9.17, 15) is 0 Å². The molecule has 1 rings (SSSR count). The first-order valence-corrected chi connectivity index (χ1v) is 5.97. The van der Waals surface area contributed by atoms with Gasteiger partial charge in [-0.3, -0.25) is 0 Å². The predicted octanol–water partition coefficient (Wildman–Crippen LogP) is 2.26. The first-order valence-electron chi connectivity index (χ1n) is 4.57. The highest BCUT2D eigenvalue weighted by Crippen LogP contribution is 2.28. The van der Waals surface area contributed by atoms with Crippen molar-refractivity contribution in [3.63, 3.8) is 0 Å². The van der Waals surface area contributed by atoms with Gasteiger partial charge in [0.25, 0.3) is 0 Å². The van der Waals surface area contributed by atoms with Crippen LogP contribution < -0.4 is 5.73 Å². The van der Waals surface area contributed by atoms with Crippen LogP contribution in [0.3, 0.4) is 0 Å². The van der Waals surface area contributed by atoms with E-state index in [-0.39, 0.29) is 0 Å². The Labute approximate surface area is 74.1 Å². The predicted molar refractivity (Wildman–Crippen MR) is 52.9 cm³/mol. The third-order valence-electron chi connectivity index (χ3n) is 2.49. The van der Waals surface area contributed by atoms with Crippen LogP contribution in [0.25, 0.3) is 0 Å². The molecular formula is C9H19NS. The second-order valence-electron chi connectivity index (χ2n) is 3.60. The summed E-state index contributed by atoms with van der Waals surface area (Å²) in [6.45, 7) is 0. The molecule has 1 saturated carbocycles. The summed E-state index contributed by atoms with van der Waals surface area (Å²) < 4.78 is 0. The maximum absolute atomic E-state index is 5.94. The number of rotatable bonds is 4. The van der Waals surface area contributed by atoms with Gasteiger partial charge in [-0.25, -0.2) is 0 Å². The van der Waals surface area contributed by atoms with E-state index in [0.717, 1.165) is 11.7 Å². The Balaban J connectivity index is 2.08. The first-order chi connectivity index (χ1) is 5.33. The summed E-state index contributed by atoms with van der Waals surface area (Å²) in [6.07, 6.45) is 9.15. The van der Waals surface area contributed by atoms with Gasteiger partial charge in [-0.1, -0.05) is 25.7 Å². The molecule has 0 spiro atoms. The van der Waals surface area contributed by atoms with E-state index in [2.05, 4.69) is 6.26 Å². The van der Waals surface area contributed by atoms with Crippen molar-refractivity contribution < 1.29 is 0 Å². The fourth-order valence-corrected chi connectivity index (χ4v) is 2.52. The zero-order chi connectivity index (χ0) is 8.10. The van der Waals surface area contributed by atoms with Crippen molar-refractivity contribution in [1.82, 2.24) is 0 Å². The van der Waals surface area contributed by atoms with Gasteiger partial charge in [0.05, 0.1) is 0 Å². The molecule has 0 aromatic carbocycles. The Morgan fingerprint density at radius 3 is 2.64 bits per heavy atom. The summed E-state index contributed by atoms with van der Waals surface area (Å²) >= 11 is 1.87. The average molecular weight is 173 g/mol. The number of nitrogens with two attached hydrogens (primary N) is 1. The second-order valence-corrected chi connectivity index (χ2v) is 4.51. The van der Waals surface area contributed by atoms with E-state index < -0.39 is 0 Å². The molecule has 0 bridgehead atoms. The van der Waals surface area contributed by atoms with Crippen molar-refractivity contribution in [2.45, 2.75) is 38.1 Å². The van der Waals surface area contributed by atoms with Gasteiger partial charge < -0.3 is 5.73 Å². The Morgan fingerprint density at radius 2 is 2.09 bits per heavy atom.